The number of rotatable bonds is 6. The molecular weight excluding hydrogens is 315 g/mol. The van der Waals surface area contributed by atoms with Crippen molar-refractivity contribution in [1.29, 1.82) is 0 Å². The summed E-state index contributed by atoms with van der Waals surface area (Å²) in [6.45, 7) is 0. The molecule has 0 saturated carbocycles. The van der Waals surface area contributed by atoms with Crippen molar-refractivity contribution >= 4 is 29.2 Å². The molecule has 0 aromatic heterocycles. The van der Waals surface area contributed by atoms with Crippen LogP contribution in [-0.4, -0.2) is 23.6 Å². The summed E-state index contributed by atoms with van der Waals surface area (Å²) in [5.41, 5.74) is -2.83. The molecule has 21 heavy (non-hydrogen) atoms. The topological polar surface area (TPSA) is 78.5 Å². The molecule has 1 aromatic carbocycles. The lowest BCUT2D eigenvalue weighted by atomic mass is 10.3. The average molecular weight is 323 g/mol. The Morgan fingerprint density at radius 1 is 1.29 bits per heavy atom. The average Bonchev–Trinajstić information content (AvgIpc) is 2.38. The minimum atomic E-state index is -4.19. The SMILES string of the molecule is O=C([O-])C=CC(=O)Nc1ccc(OC(F)(F)[C@@H](F)Cl)cc1. The van der Waals surface area contributed by atoms with Crippen molar-refractivity contribution in [3.05, 3.63) is 36.4 Å². The summed E-state index contributed by atoms with van der Waals surface area (Å²) in [7, 11) is 0. The van der Waals surface area contributed by atoms with Crippen LogP contribution in [0.2, 0.25) is 0 Å². The Kier molecular flexibility index (Phi) is 5.60. The van der Waals surface area contributed by atoms with E-state index in [-0.39, 0.29) is 11.4 Å². The Morgan fingerprint density at radius 2 is 1.86 bits per heavy atom. The number of carbonyl (C=O) groups is 2. The number of halogens is 4. The Balaban J connectivity index is 2.66. The molecule has 1 amide bonds. The van der Waals surface area contributed by atoms with E-state index in [2.05, 4.69) is 21.7 Å². The number of benzene rings is 1. The molecule has 9 heteroatoms. The standard InChI is InChI=1S/C12H9ClF3NO4/c13-11(14)12(15,16)21-8-3-1-7(2-4-8)17-9(18)5-6-10(19)20/h1-6,11H,(H,17,18)(H,19,20)/p-1/t11-/m1/s1. The Labute approximate surface area is 122 Å². The molecule has 114 valence electrons. The molecule has 0 unspecified atom stereocenters. The number of carbonyl (C=O) groups excluding carboxylic acids is 2. The van der Waals surface area contributed by atoms with Gasteiger partial charge in [-0.25, -0.2) is 4.39 Å². The van der Waals surface area contributed by atoms with Crippen molar-refractivity contribution in [1.82, 2.24) is 0 Å². The second-order valence-electron chi connectivity index (χ2n) is 3.63. The highest BCUT2D eigenvalue weighted by Gasteiger charge is 2.42. The van der Waals surface area contributed by atoms with Crippen LogP contribution >= 0.6 is 11.6 Å². The minimum Gasteiger partial charge on any atom is -0.545 e. The predicted molar refractivity (Wildman–Crippen MR) is 65.5 cm³/mol. The van der Waals surface area contributed by atoms with Crippen LogP contribution in [0.1, 0.15) is 0 Å². The summed E-state index contributed by atoms with van der Waals surface area (Å²) in [5, 5.41) is 12.3. The van der Waals surface area contributed by atoms with E-state index in [9.17, 15) is 27.9 Å². The molecule has 0 aliphatic heterocycles. The van der Waals surface area contributed by atoms with E-state index in [1.165, 1.54) is 12.1 Å². The molecule has 0 bridgehead atoms. The molecule has 0 radical (unpaired) electrons. The highest BCUT2D eigenvalue weighted by molar-refractivity contribution is 6.20. The van der Waals surface area contributed by atoms with Gasteiger partial charge in [0, 0.05) is 11.8 Å². The third-order valence-electron chi connectivity index (χ3n) is 2.00. The third kappa shape index (κ3) is 5.74. The fraction of sp³-hybridized carbons (Fsp3) is 0.167. The van der Waals surface area contributed by atoms with Crippen molar-refractivity contribution in [2.24, 2.45) is 0 Å². The monoisotopic (exact) mass is 322 g/mol. The number of carboxylic acid groups (broad SMARTS) is 1. The number of carboxylic acids is 1. The summed E-state index contributed by atoms with van der Waals surface area (Å²) in [6, 6.07) is 4.48. The molecule has 0 spiro atoms. The fourth-order valence-electron chi connectivity index (χ4n) is 1.14. The van der Waals surface area contributed by atoms with Crippen LogP contribution in [0.3, 0.4) is 0 Å². The quantitative estimate of drug-likeness (QED) is 0.635. The second-order valence-corrected chi connectivity index (χ2v) is 4.01. The highest BCUT2D eigenvalue weighted by Crippen LogP contribution is 2.29. The van der Waals surface area contributed by atoms with Gasteiger partial charge < -0.3 is 20.0 Å². The smallest absolute Gasteiger partial charge is 0.444 e. The molecule has 0 aliphatic rings. The van der Waals surface area contributed by atoms with Gasteiger partial charge in [-0.3, -0.25) is 4.79 Å². The zero-order valence-electron chi connectivity index (χ0n) is 10.2. The van der Waals surface area contributed by atoms with Gasteiger partial charge in [0.05, 0.1) is 5.97 Å². The van der Waals surface area contributed by atoms with E-state index in [4.69, 9.17) is 0 Å². The number of anilines is 1. The summed E-state index contributed by atoms with van der Waals surface area (Å²) in [5.74, 6) is -2.67. The van der Waals surface area contributed by atoms with Gasteiger partial charge in [0.25, 0.3) is 5.63 Å². The molecule has 0 fully saturated rings. The van der Waals surface area contributed by atoms with Crippen molar-refractivity contribution in [2.45, 2.75) is 11.7 Å². The lowest BCUT2D eigenvalue weighted by Gasteiger charge is -2.17. The van der Waals surface area contributed by atoms with Crippen LogP contribution in [0.15, 0.2) is 36.4 Å². The number of alkyl halides is 4. The van der Waals surface area contributed by atoms with Gasteiger partial charge in [0.1, 0.15) is 5.75 Å². The number of amides is 1. The molecule has 1 aromatic rings. The van der Waals surface area contributed by atoms with E-state index in [1.807, 2.05) is 0 Å². The Morgan fingerprint density at radius 3 is 2.33 bits per heavy atom. The molecule has 1 rings (SSSR count). The van der Waals surface area contributed by atoms with Crippen LogP contribution in [-0.2, 0) is 9.59 Å². The number of nitrogens with one attached hydrogen (secondary N) is 1. The number of hydrogen-bond acceptors (Lipinski definition) is 4. The maximum Gasteiger partial charge on any atom is 0.444 e. The normalized spacial score (nSPS) is 13.0. The molecule has 5 nitrogen and oxygen atoms in total. The first kappa shape index (κ1) is 16.8. The lowest BCUT2D eigenvalue weighted by Crippen LogP contribution is -2.32. The van der Waals surface area contributed by atoms with Crippen LogP contribution in [0.25, 0.3) is 0 Å². The number of aliphatic carboxylic acids is 1. The summed E-state index contributed by atoms with van der Waals surface area (Å²) in [4.78, 5) is 21.3. The summed E-state index contributed by atoms with van der Waals surface area (Å²) < 4.78 is 42.1. The molecule has 0 heterocycles. The fourth-order valence-corrected chi connectivity index (χ4v) is 1.18. The van der Waals surface area contributed by atoms with E-state index >= 15 is 0 Å². The minimum absolute atomic E-state index is 0.182. The molecule has 1 atom stereocenters. The molecular formula is C12H8ClF3NO4-. The summed E-state index contributed by atoms with van der Waals surface area (Å²) in [6.07, 6.45) is -2.95. The van der Waals surface area contributed by atoms with Gasteiger partial charge in [-0.1, -0.05) is 11.6 Å². The van der Waals surface area contributed by atoms with Gasteiger partial charge in [0.15, 0.2) is 0 Å². The largest absolute Gasteiger partial charge is 0.545 e. The van der Waals surface area contributed by atoms with Crippen LogP contribution in [0, 0.1) is 0 Å². The maximum absolute atomic E-state index is 12.8. The molecule has 1 N–H and O–H groups in total. The van der Waals surface area contributed by atoms with Crippen molar-refractivity contribution < 1.29 is 32.6 Å². The zero-order valence-corrected chi connectivity index (χ0v) is 10.9. The highest BCUT2D eigenvalue weighted by atomic mass is 35.5. The van der Waals surface area contributed by atoms with Crippen molar-refractivity contribution in [3.63, 3.8) is 0 Å². The number of ether oxygens (including phenoxy) is 1. The Hall–Kier alpha value is -2.22. The van der Waals surface area contributed by atoms with Crippen molar-refractivity contribution in [3.8, 4) is 5.75 Å². The van der Waals surface area contributed by atoms with Crippen LogP contribution in [0.5, 0.6) is 5.75 Å². The van der Waals surface area contributed by atoms with Gasteiger partial charge in [-0.15, -0.1) is 0 Å². The molecule has 0 saturated heterocycles. The maximum atomic E-state index is 12.8. The third-order valence-corrected chi connectivity index (χ3v) is 2.25. The van der Waals surface area contributed by atoms with Crippen molar-refractivity contribution in [2.75, 3.05) is 5.32 Å². The van der Waals surface area contributed by atoms with E-state index in [1.54, 1.807) is 0 Å². The predicted octanol–water partition coefficient (Wildman–Crippen LogP) is 1.44. The zero-order chi connectivity index (χ0) is 16.0. The number of hydrogen-bond donors (Lipinski definition) is 1. The van der Waals surface area contributed by atoms with E-state index in [0.29, 0.717) is 6.08 Å². The van der Waals surface area contributed by atoms with Gasteiger partial charge in [-0.2, -0.15) is 8.78 Å². The molecule has 0 aliphatic carbocycles. The lowest BCUT2D eigenvalue weighted by molar-refractivity contribution is -0.297. The van der Waals surface area contributed by atoms with Crippen LogP contribution < -0.4 is 15.2 Å². The van der Waals surface area contributed by atoms with E-state index < -0.39 is 23.6 Å². The first-order valence-corrected chi connectivity index (χ1v) is 5.79. The van der Waals surface area contributed by atoms with Gasteiger partial charge in [0.2, 0.25) is 5.91 Å². The van der Waals surface area contributed by atoms with Gasteiger partial charge >= 0.3 is 6.11 Å². The Bertz CT molecular complexity index is 546. The second kappa shape index (κ2) is 6.98. The van der Waals surface area contributed by atoms with Gasteiger partial charge in [-0.05, 0) is 30.3 Å². The van der Waals surface area contributed by atoms with E-state index in [0.717, 1.165) is 18.2 Å². The first-order valence-electron chi connectivity index (χ1n) is 5.36. The van der Waals surface area contributed by atoms with Crippen LogP contribution in [0.4, 0.5) is 18.9 Å². The first-order chi connectivity index (χ1) is 9.70. The summed E-state index contributed by atoms with van der Waals surface area (Å²) >= 11 is 4.62.